The summed E-state index contributed by atoms with van der Waals surface area (Å²) in [5.41, 5.74) is 1.82. The molecule has 3 rings (SSSR count). The van der Waals surface area contributed by atoms with E-state index in [1.807, 2.05) is 30.3 Å². The molecule has 0 aromatic heterocycles. The first-order valence-corrected chi connectivity index (χ1v) is 8.41. The van der Waals surface area contributed by atoms with E-state index in [1.54, 1.807) is 23.1 Å². The van der Waals surface area contributed by atoms with Gasteiger partial charge >= 0.3 is 0 Å². The highest BCUT2D eigenvalue weighted by molar-refractivity contribution is 8.26. The first kappa shape index (κ1) is 15.9. The lowest BCUT2D eigenvalue weighted by Crippen LogP contribution is -2.30. The SMILES string of the molecule is O=C1/C(=C/c2cccc(F)c2)SC(=S)N1CCc1ccccc1. The van der Waals surface area contributed by atoms with Crippen molar-refractivity contribution in [2.24, 2.45) is 0 Å². The summed E-state index contributed by atoms with van der Waals surface area (Å²) in [6.45, 7) is 0.551. The van der Waals surface area contributed by atoms with Crippen LogP contribution in [0.2, 0.25) is 0 Å². The van der Waals surface area contributed by atoms with Gasteiger partial charge in [0.25, 0.3) is 5.91 Å². The summed E-state index contributed by atoms with van der Waals surface area (Å²) in [7, 11) is 0. The van der Waals surface area contributed by atoms with Crippen LogP contribution in [0.1, 0.15) is 11.1 Å². The molecule has 0 spiro atoms. The Kier molecular flexibility index (Phi) is 4.88. The summed E-state index contributed by atoms with van der Waals surface area (Å²) < 4.78 is 13.8. The average molecular weight is 343 g/mol. The lowest BCUT2D eigenvalue weighted by atomic mass is 10.1. The quantitative estimate of drug-likeness (QED) is 0.611. The van der Waals surface area contributed by atoms with Crippen LogP contribution in [0.15, 0.2) is 59.5 Å². The van der Waals surface area contributed by atoms with Crippen LogP contribution >= 0.6 is 24.0 Å². The van der Waals surface area contributed by atoms with Gasteiger partial charge in [-0.25, -0.2) is 4.39 Å². The maximum absolute atomic E-state index is 13.2. The molecule has 0 aliphatic carbocycles. The van der Waals surface area contributed by atoms with Crippen LogP contribution in [0, 0.1) is 5.82 Å². The molecular formula is C18H14FNOS2. The highest BCUT2D eigenvalue weighted by atomic mass is 32.2. The maximum Gasteiger partial charge on any atom is 0.266 e. The van der Waals surface area contributed by atoms with E-state index in [0.29, 0.717) is 21.3 Å². The number of benzene rings is 2. The van der Waals surface area contributed by atoms with Gasteiger partial charge in [0.2, 0.25) is 0 Å². The third-order valence-corrected chi connectivity index (χ3v) is 4.86. The zero-order valence-electron chi connectivity index (χ0n) is 12.2. The molecule has 1 aliphatic rings. The lowest BCUT2D eigenvalue weighted by molar-refractivity contribution is -0.122. The second-order valence-corrected chi connectivity index (χ2v) is 6.80. The van der Waals surface area contributed by atoms with Crippen LogP contribution in [0.25, 0.3) is 6.08 Å². The van der Waals surface area contributed by atoms with E-state index < -0.39 is 0 Å². The first-order valence-electron chi connectivity index (χ1n) is 7.18. The molecule has 0 bridgehead atoms. The van der Waals surface area contributed by atoms with Gasteiger partial charge < -0.3 is 0 Å². The minimum atomic E-state index is -0.321. The Labute approximate surface area is 144 Å². The minimum Gasteiger partial charge on any atom is -0.293 e. The Hall–Kier alpha value is -1.98. The van der Waals surface area contributed by atoms with E-state index in [-0.39, 0.29) is 11.7 Å². The number of thiocarbonyl (C=S) groups is 1. The van der Waals surface area contributed by atoms with Gasteiger partial charge in [-0.1, -0.05) is 66.4 Å². The topological polar surface area (TPSA) is 20.3 Å². The molecule has 1 aliphatic heterocycles. The molecular weight excluding hydrogens is 329 g/mol. The molecule has 1 saturated heterocycles. The third-order valence-electron chi connectivity index (χ3n) is 3.49. The highest BCUT2D eigenvalue weighted by Crippen LogP contribution is 2.32. The molecule has 0 atom stereocenters. The van der Waals surface area contributed by atoms with E-state index in [4.69, 9.17) is 12.2 Å². The molecule has 0 saturated carbocycles. The summed E-state index contributed by atoms with van der Waals surface area (Å²) in [6, 6.07) is 16.1. The van der Waals surface area contributed by atoms with Crippen LogP contribution < -0.4 is 0 Å². The van der Waals surface area contributed by atoms with Crippen molar-refractivity contribution in [3.05, 3.63) is 76.4 Å². The van der Waals surface area contributed by atoms with E-state index in [0.717, 1.165) is 12.0 Å². The van der Waals surface area contributed by atoms with Crippen LogP contribution in [-0.4, -0.2) is 21.7 Å². The molecule has 2 aromatic carbocycles. The molecule has 0 radical (unpaired) electrons. The van der Waals surface area contributed by atoms with Gasteiger partial charge in [0.15, 0.2) is 0 Å². The molecule has 5 heteroatoms. The molecule has 116 valence electrons. The summed E-state index contributed by atoms with van der Waals surface area (Å²) >= 11 is 6.57. The second-order valence-electron chi connectivity index (χ2n) is 5.12. The number of nitrogens with zero attached hydrogens (tertiary/aromatic N) is 1. The van der Waals surface area contributed by atoms with Crippen molar-refractivity contribution in [3.8, 4) is 0 Å². The van der Waals surface area contributed by atoms with Gasteiger partial charge in [0.1, 0.15) is 10.1 Å². The van der Waals surface area contributed by atoms with Crippen LogP contribution in [0.3, 0.4) is 0 Å². The summed E-state index contributed by atoms with van der Waals surface area (Å²) in [6.07, 6.45) is 2.44. The van der Waals surface area contributed by atoms with Crippen molar-refractivity contribution >= 4 is 40.3 Å². The molecule has 23 heavy (non-hydrogen) atoms. The normalized spacial score (nSPS) is 16.4. The van der Waals surface area contributed by atoms with Gasteiger partial charge in [-0.15, -0.1) is 0 Å². The van der Waals surface area contributed by atoms with Crippen molar-refractivity contribution in [2.45, 2.75) is 6.42 Å². The Bertz CT molecular complexity index is 774. The standard InChI is InChI=1S/C18H14FNOS2/c19-15-8-4-7-14(11-15)12-16-17(21)20(18(22)23-16)10-9-13-5-2-1-3-6-13/h1-8,11-12H,9-10H2/b16-12-. The zero-order chi connectivity index (χ0) is 16.2. The summed E-state index contributed by atoms with van der Waals surface area (Å²) in [5.74, 6) is -0.432. The predicted octanol–water partition coefficient (Wildman–Crippen LogP) is 4.27. The van der Waals surface area contributed by atoms with Gasteiger partial charge in [-0.2, -0.15) is 0 Å². The predicted molar refractivity (Wildman–Crippen MR) is 96.4 cm³/mol. The fraction of sp³-hybridized carbons (Fsp3) is 0.111. The van der Waals surface area contributed by atoms with E-state index >= 15 is 0 Å². The maximum atomic E-state index is 13.2. The minimum absolute atomic E-state index is 0.111. The van der Waals surface area contributed by atoms with Crippen molar-refractivity contribution in [1.82, 2.24) is 4.90 Å². The number of rotatable bonds is 4. The number of halogens is 1. The number of hydrogen-bond acceptors (Lipinski definition) is 3. The molecule has 1 heterocycles. The molecule has 2 nitrogen and oxygen atoms in total. The number of thioether (sulfide) groups is 1. The zero-order valence-corrected chi connectivity index (χ0v) is 13.9. The van der Waals surface area contributed by atoms with Crippen LogP contribution in [0.5, 0.6) is 0 Å². The van der Waals surface area contributed by atoms with Crippen molar-refractivity contribution in [2.75, 3.05) is 6.54 Å². The Morgan fingerprint density at radius 1 is 1.13 bits per heavy atom. The first-order chi connectivity index (χ1) is 11.1. The van der Waals surface area contributed by atoms with Crippen LogP contribution in [0.4, 0.5) is 4.39 Å². The Balaban J connectivity index is 1.72. The van der Waals surface area contributed by atoms with Crippen molar-refractivity contribution < 1.29 is 9.18 Å². The smallest absolute Gasteiger partial charge is 0.266 e. The monoisotopic (exact) mass is 343 g/mol. The third kappa shape index (κ3) is 3.86. The Morgan fingerprint density at radius 2 is 1.91 bits per heavy atom. The summed E-state index contributed by atoms with van der Waals surface area (Å²) in [5, 5.41) is 0. The lowest BCUT2D eigenvalue weighted by Gasteiger charge is -2.14. The number of carbonyl (C=O) groups excluding carboxylic acids is 1. The fourth-order valence-corrected chi connectivity index (χ4v) is 3.63. The second kappa shape index (κ2) is 7.06. The van der Waals surface area contributed by atoms with Crippen molar-refractivity contribution in [3.63, 3.8) is 0 Å². The van der Waals surface area contributed by atoms with Gasteiger partial charge in [-0.05, 0) is 35.8 Å². The molecule has 0 N–H and O–H groups in total. The summed E-state index contributed by atoms with van der Waals surface area (Å²) in [4.78, 5) is 14.6. The molecule has 1 amide bonds. The largest absolute Gasteiger partial charge is 0.293 e. The number of carbonyl (C=O) groups is 1. The van der Waals surface area contributed by atoms with Crippen molar-refractivity contribution in [1.29, 1.82) is 0 Å². The average Bonchev–Trinajstić information content (AvgIpc) is 2.80. The van der Waals surface area contributed by atoms with E-state index in [2.05, 4.69) is 0 Å². The van der Waals surface area contributed by atoms with E-state index in [1.165, 1.54) is 23.9 Å². The highest BCUT2D eigenvalue weighted by Gasteiger charge is 2.31. The van der Waals surface area contributed by atoms with Gasteiger partial charge in [0.05, 0.1) is 4.91 Å². The van der Waals surface area contributed by atoms with E-state index in [9.17, 15) is 9.18 Å². The van der Waals surface area contributed by atoms with Gasteiger partial charge in [-0.3, -0.25) is 9.69 Å². The molecule has 0 unspecified atom stereocenters. The van der Waals surface area contributed by atoms with Gasteiger partial charge in [0, 0.05) is 6.54 Å². The number of hydrogen-bond donors (Lipinski definition) is 0. The van der Waals surface area contributed by atoms with Crippen LogP contribution in [-0.2, 0) is 11.2 Å². The Morgan fingerprint density at radius 3 is 2.65 bits per heavy atom. The fourth-order valence-electron chi connectivity index (χ4n) is 2.33. The molecule has 2 aromatic rings. The molecule has 1 fully saturated rings. The number of amides is 1.